The van der Waals surface area contributed by atoms with Crippen LogP contribution in [0.2, 0.25) is 20.1 Å². The van der Waals surface area contributed by atoms with E-state index in [0.29, 0.717) is 54.1 Å². The van der Waals surface area contributed by atoms with E-state index in [-0.39, 0.29) is 26.5 Å². The Morgan fingerprint density at radius 2 is 1.21 bits per heavy atom. The molecule has 1 amide bonds. The van der Waals surface area contributed by atoms with Crippen LogP contribution in [-0.2, 0) is 11.2 Å². The molecule has 52 heavy (non-hydrogen) atoms. The van der Waals surface area contributed by atoms with Crippen molar-refractivity contribution in [1.29, 1.82) is 0 Å². The van der Waals surface area contributed by atoms with Crippen LogP contribution < -0.4 is 14.8 Å². The number of ether oxygens (including phenoxy) is 2. The summed E-state index contributed by atoms with van der Waals surface area (Å²) in [6.45, 7) is 2.39. The topological polar surface area (TPSA) is 145 Å². The largest absolute Gasteiger partial charge is 0.491 e. The van der Waals surface area contributed by atoms with Gasteiger partial charge in [-0.25, -0.2) is 9.97 Å². The summed E-state index contributed by atoms with van der Waals surface area (Å²) < 4.78 is 11.2. The smallest absolute Gasteiger partial charge is 0.228 e. The number of H-pyrrole nitrogens is 2. The molecule has 7 rings (SSSR count). The number of aliphatic hydroxyl groups excluding tert-OH is 2. The van der Waals surface area contributed by atoms with Gasteiger partial charge in [0.05, 0.1) is 60.8 Å². The fourth-order valence-corrected chi connectivity index (χ4v) is 7.09. The molecule has 1 aliphatic rings. The normalized spacial score (nSPS) is 13.2. The van der Waals surface area contributed by atoms with E-state index < -0.39 is 12.2 Å². The first-order valence-electron chi connectivity index (χ1n) is 15.6. The van der Waals surface area contributed by atoms with Crippen LogP contribution in [0.5, 0.6) is 11.5 Å². The van der Waals surface area contributed by atoms with Gasteiger partial charge in [-0.15, -0.1) is 0 Å². The van der Waals surface area contributed by atoms with Gasteiger partial charge in [0.2, 0.25) is 5.91 Å². The molecule has 0 radical (unpaired) electrons. The van der Waals surface area contributed by atoms with Crippen LogP contribution in [0.25, 0.3) is 22.1 Å². The summed E-state index contributed by atoms with van der Waals surface area (Å²) in [5.74, 6) is 2.23. The van der Waals surface area contributed by atoms with Gasteiger partial charge < -0.3 is 35.0 Å². The molecule has 0 fully saturated rings. The van der Waals surface area contributed by atoms with E-state index in [1.165, 1.54) is 29.1 Å². The minimum absolute atomic E-state index is 0. The highest BCUT2D eigenvalue weighted by molar-refractivity contribution is 7.99. The minimum atomic E-state index is -0.677. The second-order valence-corrected chi connectivity index (χ2v) is 15.2. The number of aromatic amines is 2. The standard InChI is InChI=1S/C18H15Cl2N3O3S.C17H16Cl2N2O2S.CH4/c19-12-5-15-16(6-13(12)20)23-18(22-15)27-8-10(24)7-26-11-1-2-14-9(3-11)4-17(25)21-14;1-10-2-4-12(5-3-10)23-8-11(22)9-24-17-20-15-6-13(18)14(19)7-16(15)21-17;/h1-3,5-6,10,24H,4,7-8H2,(H,21,25)(H,22,23);2-7,11,22H,8-9H2,1H3,(H,20,21);1H4/t10-;11-;/m11./s1. The molecule has 10 nitrogen and oxygen atoms in total. The lowest BCUT2D eigenvalue weighted by atomic mass is 10.1. The third-order valence-corrected chi connectivity index (χ3v) is 10.9. The summed E-state index contributed by atoms with van der Waals surface area (Å²) >= 11 is 26.8. The first-order valence-corrected chi connectivity index (χ1v) is 19.0. The number of aryl methyl sites for hydroxylation is 1. The molecule has 0 aliphatic carbocycles. The van der Waals surface area contributed by atoms with Crippen molar-refractivity contribution < 1.29 is 24.5 Å². The maximum Gasteiger partial charge on any atom is 0.228 e. The van der Waals surface area contributed by atoms with Crippen LogP contribution in [0.1, 0.15) is 18.6 Å². The summed E-state index contributed by atoms with van der Waals surface area (Å²) in [6.07, 6.45) is -0.925. The van der Waals surface area contributed by atoms with E-state index in [1.54, 1.807) is 36.4 Å². The first-order chi connectivity index (χ1) is 24.5. The zero-order valence-corrected chi connectivity index (χ0v) is 31.5. The van der Waals surface area contributed by atoms with Crippen molar-refractivity contribution in [1.82, 2.24) is 19.9 Å². The van der Waals surface area contributed by atoms with E-state index in [2.05, 4.69) is 25.3 Å². The molecule has 0 spiro atoms. The Morgan fingerprint density at radius 1 is 0.731 bits per heavy atom. The van der Waals surface area contributed by atoms with Crippen LogP contribution in [0.15, 0.2) is 77.0 Å². The van der Waals surface area contributed by atoms with Crippen LogP contribution >= 0.6 is 69.9 Å². The maximum absolute atomic E-state index is 11.4. The number of hydrogen-bond acceptors (Lipinski definition) is 9. The van der Waals surface area contributed by atoms with Crippen LogP contribution in [0.4, 0.5) is 5.69 Å². The van der Waals surface area contributed by atoms with Gasteiger partial charge >= 0.3 is 0 Å². The quantitative estimate of drug-likeness (QED) is 0.0763. The number of amides is 1. The third-order valence-electron chi connectivity index (χ3n) is 7.44. The molecule has 16 heteroatoms. The van der Waals surface area contributed by atoms with Crippen LogP contribution in [-0.4, -0.2) is 73.0 Å². The summed E-state index contributed by atoms with van der Waals surface area (Å²) in [5, 5.41) is 26.2. The van der Waals surface area contributed by atoms with Gasteiger partial charge in [-0.3, -0.25) is 4.79 Å². The molecule has 4 aromatic carbocycles. The van der Waals surface area contributed by atoms with Crippen molar-refractivity contribution in [3.05, 3.63) is 97.9 Å². The number of benzene rings is 4. The Hall–Kier alpha value is -3.33. The number of aliphatic hydroxyl groups is 2. The molecule has 2 atom stereocenters. The lowest BCUT2D eigenvalue weighted by Gasteiger charge is -2.12. The van der Waals surface area contributed by atoms with Crippen molar-refractivity contribution in [2.24, 2.45) is 0 Å². The number of nitrogens with one attached hydrogen (secondary N) is 3. The van der Waals surface area contributed by atoms with E-state index in [0.717, 1.165) is 39.1 Å². The van der Waals surface area contributed by atoms with Gasteiger partial charge in [0, 0.05) is 17.2 Å². The predicted molar refractivity (Wildman–Crippen MR) is 213 cm³/mol. The highest BCUT2D eigenvalue weighted by Crippen LogP contribution is 2.31. The van der Waals surface area contributed by atoms with Crippen molar-refractivity contribution in [3.63, 3.8) is 0 Å². The summed E-state index contributed by atoms with van der Waals surface area (Å²) in [4.78, 5) is 26.5. The van der Waals surface area contributed by atoms with Crippen LogP contribution in [0.3, 0.4) is 0 Å². The zero-order chi connectivity index (χ0) is 36.1. The van der Waals surface area contributed by atoms with E-state index in [4.69, 9.17) is 55.9 Å². The average molecular weight is 824 g/mol. The monoisotopic (exact) mass is 821 g/mol. The Morgan fingerprint density at radius 3 is 1.75 bits per heavy atom. The van der Waals surface area contributed by atoms with Gasteiger partial charge in [0.15, 0.2) is 10.3 Å². The van der Waals surface area contributed by atoms with Gasteiger partial charge in [-0.1, -0.05) is 95.1 Å². The SMILES string of the molecule is C.Cc1ccc(OC[C@@H](O)CSc2nc3cc(Cl)c(Cl)cc3[nH]2)cc1.O=C1Cc2cc(OC[C@@H](O)CSc3nc4cc(Cl)c(Cl)cc4[nH]3)ccc2N1. The van der Waals surface area contributed by atoms with Crippen molar-refractivity contribution in [2.45, 2.75) is 43.3 Å². The fourth-order valence-electron chi connectivity index (χ4n) is 4.86. The molecule has 274 valence electrons. The molecule has 3 heterocycles. The molecule has 0 bridgehead atoms. The van der Waals surface area contributed by atoms with Crippen molar-refractivity contribution >= 4 is 104 Å². The Kier molecular flexibility index (Phi) is 13.9. The van der Waals surface area contributed by atoms with Crippen LogP contribution in [0, 0.1) is 6.92 Å². The molecule has 0 saturated carbocycles. The number of rotatable bonds is 12. The Bertz CT molecular complexity index is 2090. The Balaban J connectivity index is 0.000000199. The third kappa shape index (κ3) is 10.6. The number of aromatic nitrogens is 4. The van der Waals surface area contributed by atoms with E-state index >= 15 is 0 Å². The maximum atomic E-state index is 11.4. The van der Waals surface area contributed by atoms with Gasteiger partial charge in [-0.05, 0) is 67.1 Å². The van der Waals surface area contributed by atoms with Crippen molar-refractivity contribution in [2.75, 3.05) is 30.0 Å². The number of halogens is 4. The number of imidazole rings is 2. The number of carbonyl (C=O) groups is 1. The average Bonchev–Trinajstić information content (AvgIpc) is 3.80. The molecule has 5 N–H and O–H groups in total. The lowest BCUT2D eigenvalue weighted by molar-refractivity contribution is -0.115. The molecule has 6 aromatic rings. The van der Waals surface area contributed by atoms with E-state index in [1.807, 2.05) is 37.3 Å². The molecule has 0 unspecified atom stereocenters. The van der Waals surface area contributed by atoms with Gasteiger partial charge in [-0.2, -0.15) is 0 Å². The number of thioether (sulfide) groups is 2. The summed E-state index contributed by atoms with van der Waals surface area (Å²) in [7, 11) is 0. The fraction of sp³-hybridized carbons (Fsp3) is 0.250. The summed E-state index contributed by atoms with van der Waals surface area (Å²) in [6, 6.07) is 20.0. The second kappa shape index (κ2) is 18.1. The van der Waals surface area contributed by atoms with Crippen molar-refractivity contribution in [3.8, 4) is 11.5 Å². The molecule has 2 aromatic heterocycles. The number of nitrogens with zero attached hydrogens (tertiary/aromatic N) is 2. The zero-order valence-electron chi connectivity index (χ0n) is 26.9. The molecule has 1 aliphatic heterocycles. The number of anilines is 1. The summed E-state index contributed by atoms with van der Waals surface area (Å²) in [5.41, 5.74) is 5.96. The Labute approximate surface area is 328 Å². The molecular formula is C36H35Cl4N5O5S2. The molecular weight excluding hydrogens is 788 g/mol. The van der Waals surface area contributed by atoms with Gasteiger partial charge in [0.25, 0.3) is 0 Å². The second-order valence-electron chi connectivity index (χ2n) is 11.6. The lowest BCUT2D eigenvalue weighted by Crippen LogP contribution is -2.20. The van der Waals surface area contributed by atoms with E-state index in [9.17, 15) is 15.0 Å². The highest BCUT2D eigenvalue weighted by Gasteiger charge is 2.18. The molecule has 0 saturated heterocycles. The number of carbonyl (C=O) groups excluding carboxylic acids is 1. The minimum Gasteiger partial charge on any atom is -0.491 e. The predicted octanol–water partition coefficient (Wildman–Crippen LogP) is 9.24. The number of fused-ring (bicyclic) bond motifs is 3. The number of hydrogen-bond donors (Lipinski definition) is 5. The first kappa shape index (κ1) is 39.9. The highest BCUT2D eigenvalue weighted by atomic mass is 35.5. The van der Waals surface area contributed by atoms with Gasteiger partial charge in [0.1, 0.15) is 24.7 Å².